The molecular formula is C80H147NO8. The molecule has 2 unspecified atom stereocenters. The topological polar surface area (TPSA) is 111 Å². The largest absolute Gasteiger partial charge is 0.545 e. The van der Waals surface area contributed by atoms with Crippen LogP contribution in [0.3, 0.4) is 0 Å². The molecule has 0 radical (unpaired) electrons. The van der Waals surface area contributed by atoms with Crippen LogP contribution in [0.2, 0.25) is 0 Å². The van der Waals surface area contributed by atoms with Gasteiger partial charge in [0.2, 0.25) is 0 Å². The molecule has 0 saturated heterocycles. The average molecular weight is 1250 g/mol. The summed E-state index contributed by atoms with van der Waals surface area (Å²) in [6.45, 7) is 4.70. The Morgan fingerprint density at radius 1 is 0.348 bits per heavy atom. The monoisotopic (exact) mass is 1250 g/mol. The lowest BCUT2D eigenvalue weighted by atomic mass is 10.0. The highest BCUT2D eigenvalue weighted by molar-refractivity contribution is 5.70. The summed E-state index contributed by atoms with van der Waals surface area (Å²) < 4.78 is 22.9. The molecule has 2 atom stereocenters. The summed E-state index contributed by atoms with van der Waals surface area (Å²) >= 11 is 0. The molecule has 0 fully saturated rings. The predicted octanol–water partition coefficient (Wildman–Crippen LogP) is 22.9. The van der Waals surface area contributed by atoms with Crippen molar-refractivity contribution >= 4 is 17.9 Å². The maximum absolute atomic E-state index is 13.0. The minimum Gasteiger partial charge on any atom is -0.545 e. The molecule has 0 spiro atoms. The Balaban J connectivity index is 3.99. The summed E-state index contributed by atoms with van der Waals surface area (Å²) in [6.07, 6.45) is 90.5. The molecule has 0 N–H and O–H groups in total. The zero-order valence-electron chi connectivity index (χ0n) is 59.6. The van der Waals surface area contributed by atoms with Crippen LogP contribution in [0.5, 0.6) is 0 Å². The number of likely N-dealkylation sites (N-methyl/N-ethyl adjacent to an activating group) is 1. The van der Waals surface area contributed by atoms with E-state index in [2.05, 4.69) is 74.6 Å². The number of aliphatic carboxylic acids is 1. The van der Waals surface area contributed by atoms with Crippen molar-refractivity contribution in [3.8, 4) is 0 Å². The van der Waals surface area contributed by atoms with Crippen LogP contribution in [0.25, 0.3) is 0 Å². The summed E-state index contributed by atoms with van der Waals surface area (Å²) in [5.41, 5.74) is 0. The number of ether oxygens (including phenoxy) is 4. The fourth-order valence-electron chi connectivity index (χ4n) is 11.4. The van der Waals surface area contributed by atoms with Gasteiger partial charge >= 0.3 is 11.9 Å². The Morgan fingerprint density at radius 2 is 0.640 bits per heavy atom. The quantitative estimate of drug-likeness (QED) is 0.0195. The molecule has 0 aromatic carbocycles. The molecule has 89 heavy (non-hydrogen) atoms. The van der Waals surface area contributed by atoms with Crippen LogP contribution in [0.4, 0.5) is 0 Å². The SMILES string of the molecule is CC/C=C\C/C=C\C/C=C\C/C=C\CCCCCCCCCCCCCCCCCCCCCCCCCCC(=O)OC(COC(=O)CCCCCCCCCCCCCCCCC/C=C\CCCCCCCCCC)COC(OCC[N+](C)(C)C)C(=O)[O-]. The van der Waals surface area contributed by atoms with Crippen LogP contribution in [0.15, 0.2) is 60.8 Å². The maximum atomic E-state index is 13.0. The molecule has 9 heteroatoms. The van der Waals surface area contributed by atoms with Gasteiger partial charge in [0, 0.05) is 12.8 Å². The fraction of sp³-hybridized carbons (Fsp3) is 0.838. The van der Waals surface area contributed by atoms with E-state index in [1.807, 2.05) is 21.1 Å². The first-order valence-corrected chi connectivity index (χ1v) is 38.4. The summed E-state index contributed by atoms with van der Waals surface area (Å²) in [7, 11) is 5.95. The zero-order chi connectivity index (χ0) is 64.7. The van der Waals surface area contributed by atoms with Crippen molar-refractivity contribution in [2.75, 3.05) is 47.5 Å². The number of hydrogen-bond acceptors (Lipinski definition) is 8. The number of carboxylic acid groups (broad SMARTS) is 1. The van der Waals surface area contributed by atoms with Gasteiger partial charge in [-0.1, -0.05) is 344 Å². The van der Waals surface area contributed by atoms with Crippen LogP contribution in [0, 0.1) is 0 Å². The zero-order valence-corrected chi connectivity index (χ0v) is 59.6. The molecule has 0 bridgehead atoms. The first-order valence-electron chi connectivity index (χ1n) is 38.4. The van der Waals surface area contributed by atoms with Gasteiger partial charge in [-0.25, -0.2) is 0 Å². The lowest BCUT2D eigenvalue weighted by molar-refractivity contribution is -0.870. The molecule has 0 saturated carbocycles. The molecular weight excluding hydrogens is 1100 g/mol. The first-order chi connectivity index (χ1) is 43.6. The Labute approximate surface area is 552 Å². The van der Waals surface area contributed by atoms with E-state index < -0.39 is 24.3 Å². The van der Waals surface area contributed by atoms with E-state index in [9.17, 15) is 19.5 Å². The molecule has 0 heterocycles. The lowest BCUT2D eigenvalue weighted by Crippen LogP contribution is -2.44. The number of rotatable bonds is 72. The molecule has 0 aromatic heterocycles. The van der Waals surface area contributed by atoms with Crippen molar-refractivity contribution in [3.63, 3.8) is 0 Å². The second kappa shape index (κ2) is 70.9. The fourth-order valence-corrected chi connectivity index (χ4v) is 11.4. The van der Waals surface area contributed by atoms with Gasteiger partial charge in [-0.2, -0.15) is 0 Å². The van der Waals surface area contributed by atoms with E-state index in [1.54, 1.807) is 0 Å². The number of carboxylic acids is 1. The molecule has 9 nitrogen and oxygen atoms in total. The normalized spacial score (nSPS) is 13.0. The third-order valence-electron chi connectivity index (χ3n) is 17.2. The van der Waals surface area contributed by atoms with Gasteiger partial charge in [0.05, 0.1) is 40.3 Å². The number of carbonyl (C=O) groups excluding carboxylic acids is 3. The van der Waals surface area contributed by atoms with Gasteiger partial charge in [0.15, 0.2) is 12.4 Å². The summed E-state index contributed by atoms with van der Waals surface area (Å²) in [6, 6.07) is 0. The molecule has 0 aliphatic heterocycles. The van der Waals surface area contributed by atoms with E-state index in [0.717, 1.165) is 64.2 Å². The van der Waals surface area contributed by atoms with Crippen molar-refractivity contribution in [1.29, 1.82) is 0 Å². The minimum atomic E-state index is -1.62. The number of carbonyl (C=O) groups is 3. The Kier molecular flexibility index (Phi) is 68.5. The van der Waals surface area contributed by atoms with Gasteiger partial charge in [-0.15, -0.1) is 0 Å². The number of quaternary nitrogens is 1. The van der Waals surface area contributed by atoms with E-state index in [0.29, 0.717) is 17.4 Å². The first kappa shape index (κ1) is 86.0. The average Bonchev–Trinajstić information content (AvgIpc) is 3.70. The smallest absolute Gasteiger partial charge is 0.306 e. The highest BCUT2D eigenvalue weighted by Gasteiger charge is 2.22. The Hall–Kier alpha value is -3.01. The molecule has 520 valence electrons. The number of nitrogens with zero attached hydrogens (tertiary/aromatic N) is 1. The Bertz CT molecular complexity index is 1650. The van der Waals surface area contributed by atoms with Gasteiger partial charge in [0.1, 0.15) is 13.2 Å². The third-order valence-corrected chi connectivity index (χ3v) is 17.2. The standard InChI is InChI=1S/C80H147NO8/c1-6-8-10-12-14-16-18-20-22-24-26-28-30-32-34-35-36-37-38-39-40-41-42-43-45-47-49-51-53-55-57-59-61-63-65-67-69-71-78(83)89-76(75-88-80(79(84)85)86-73-72-81(3,4)5)74-87-77(82)70-68-66-64-62-60-58-56-54-52-50-48-46-44-33-31-29-27-25-23-21-19-17-15-13-11-9-7-2/h8,10,14,16,20,22,25-28,76,80H,6-7,9,11-13,15,17-19,21,23-24,29-75H2,1-5H3/b10-8-,16-14-,22-20-,27-25-,28-26-. The third kappa shape index (κ3) is 72.3. The molecule has 0 rings (SSSR count). The van der Waals surface area contributed by atoms with Crippen molar-refractivity contribution < 1.29 is 42.9 Å². The number of esters is 2. The van der Waals surface area contributed by atoms with Gasteiger partial charge in [-0.05, 0) is 77.0 Å². The maximum Gasteiger partial charge on any atom is 0.306 e. The minimum absolute atomic E-state index is 0.150. The van der Waals surface area contributed by atoms with Crippen molar-refractivity contribution in [2.24, 2.45) is 0 Å². The predicted molar refractivity (Wildman–Crippen MR) is 380 cm³/mol. The van der Waals surface area contributed by atoms with E-state index in [4.69, 9.17) is 18.9 Å². The number of unbranched alkanes of at least 4 members (excludes halogenated alkanes) is 47. The van der Waals surface area contributed by atoms with Gasteiger partial charge in [0.25, 0.3) is 0 Å². The molecule has 0 aromatic rings. The summed E-state index contributed by atoms with van der Waals surface area (Å²) in [4.78, 5) is 37.6. The summed E-state index contributed by atoms with van der Waals surface area (Å²) in [5, 5.41) is 11.8. The number of allylic oxidation sites excluding steroid dienone is 10. The molecule has 0 amide bonds. The molecule has 0 aliphatic carbocycles. The van der Waals surface area contributed by atoms with Crippen LogP contribution in [-0.2, 0) is 33.3 Å². The van der Waals surface area contributed by atoms with E-state index in [1.165, 1.54) is 283 Å². The van der Waals surface area contributed by atoms with Gasteiger partial charge < -0.3 is 33.3 Å². The van der Waals surface area contributed by atoms with Crippen LogP contribution < -0.4 is 5.11 Å². The second-order valence-corrected chi connectivity index (χ2v) is 27.3. The van der Waals surface area contributed by atoms with Crippen molar-refractivity contribution in [1.82, 2.24) is 0 Å². The van der Waals surface area contributed by atoms with Crippen LogP contribution >= 0.6 is 0 Å². The second-order valence-electron chi connectivity index (χ2n) is 27.3. The molecule has 0 aliphatic rings. The lowest BCUT2D eigenvalue weighted by Gasteiger charge is -2.26. The highest BCUT2D eigenvalue weighted by atomic mass is 16.7. The Morgan fingerprint density at radius 3 is 0.966 bits per heavy atom. The van der Waals surface area contributed by atoms with Crippen molar-refractivity contribution in [3.05, 3.63) is 60.8 Å². The van der Waals surface area contributed by atoms with Crippen LogP contribution in [-0.4, -0.2) is 82.3 Å². The van der Waals surface area contributed by atoms with E-state index in [-0.39, 0.29) is 32.2 Å². The van der Waals surface area contributed by atoms with E-state index >= 15 is 0 Å². The van der Waals surface area contributed by atoms with Crippen molar-refractivity contribution in [2.45, 2.75) is 386 Å². The van der Waals surface area contributed by atoms with Gasteiger partial charge in [-0.3, -0.25) is 9.59 Å². The highest BCUT2D eigenvalue weighted by Crippen LogP contribution is 2.19. The number of hydrogen-bond donors (Lipinski definition) is 0. The summed E-state index contributed by atoms with van der Waals surface area (Å²) in [5.74, 6) is -2.25. The van der Waals surface area contributed by atoms with Crippen LogP contribution in [0.1, 0.15) is 373 Å².